The van der Waals surface area contributed by atoms with Gasteiger partial charge in [0.05, 0.1) is 5.69 Å². The van der Waals surface area contributed by atoms with Crippen molar-refractivity contribution in [3.05, 3.63) is 59.9 Å². The van der Waals surface area contributed by atoms with Gasteiger partial charge in [-0.15, -0.1) is 0 Å². The number of benzene rings is 1. The highest BCUT2D eigenvalue weighted by molar-refractivity contribution is 6.42. The van der Waals surface area contributed by atoms with Crippen LogP contribution in [0, 0.1) is 0 Å². The van der Waals surface area contributed by atoms with Crippen molar-refractivity contribution in [1.29, 1.82) is 0 Å². The number of carbonyl (C=O) groups excluding carboxylic acids is 2. The van der Waals surface area contributed by atoms with Crippen molar-refractivity contribution < 1.29 is 9.59 Å². The number of Topliss-reactive ketones (excluding diaryl/α,β-unsaturated/α-hetero) is 1. The second kappa shape index (κ2) is 6.70. The van der Waals surface area contributed by atoms with Gasteiger partial charge in [0.15, 0.2) is 0 Å². The minimum absolute atomic E-state index is 0.0402. The van der Waals surface area contributed by atoms with Gasteiger partial charge < -0.3 is 10.3 Å². The second-order valence-corrected chi connectivity index (χ2v) is 4.81. The number of aromatic amines is 1. The molecule has 0 aliphatic rings. The maximum atomic E-state index is 11.8. The number of nitrogens with one attached hydrogen (secondary N) is 2. The summed E-state index contributed by atoms with van der Waals surface area (Å²) in [4.78, 5) is 26.3. The Bertz CT molecular complexity index is 561. The maximum absolute atomic E-state index is 11.8. The Hall–Kier alpha value is -2.36. The lowest BCUT2D eigenvalue weighted by atomic mass is 10.1. The molecular formula is C16H18N2O2. The van der Waals surface area contributed by atoms with Gasteiger partial charge >= 0.3 is 0 Å². The number of hydrogen-bond donors (Lipinski definition) is 2. The number of carbonyl (C=O) groups is 2. The molecule has 1 atom stereocenters. The normalized spacial score (nSPS) is 11.8. The van der Waals surface area contributed by atoms with E-state index in [4.69, 9.17) is 0 Å². The first-order chi connectivity index (χ1) is 9.66. The predicted octanol–water partition coefficient (Wildman–Crippen LogP) is 2.33. The lowest BCUT2D eigenvalue weighted by molar-refractivity contribution is -0.117. The highest BCUT2D eigenvalue weighted by Crippen LogP contribution is 2.05. The van der Waals surface area contributed by atoms with Crippen LogP contribution >= 0.6 is 0 Å². The number of aryl methyl sites for hydroxylation is 1. The Balaban J connectivity index is 1.81. The molecule has 2 N–H and O–H groups in total. The Morgan fingerprint density at radius 1 is 1.15 bits per heavy atom. The van der Waals surface area contributed by atoms with Gasteiger partial charge in [-0.25, -0.2) is 0 Å². The van der Waals surface area contributed by atoms with Crippen molar-refractivity contribution in [2.45, 2.75) is 25.8 Å². The van der Waals surface area contributed by atoms with Gasteiger partial charge in [0.2, 0.25) is 0 Å². The van der Waals surface area contributed by atoms with E-state index in [9.17, 15) is 9.59 Å². The number of H-pyrrole nitrogens is 1. The SMILES string of the molecule is C[C@@H](CCc1ccccc1)NC(=O)C(=O)c1ccc[nH]1. The van der Waals surface area contributed by atoms with Crippen LogP contribution in [0.25, 0.3) is 0 Å². The van der Waals surface area contributed by atoms with Crippen LogP contribution in [0.2, 0.25) is 0 Å². The third-order valence-electron chi connectivity index (χ3n) is 3.14. The fraction of sp³-hybridized carbons (Fsp3) is 0.250. The molecule has 1 aromatic carbocycles. The van der Waals surface area contributed by atoms with Crippen LogP contribution in [0.15, 0.2) is 48.7 Å². The molecule has 104 valence electrons. The molecule has 0 bridgehead atoms. The van der Waals surface area contributed by atoms with Crippen LogP contribution in [0.3, 0.4) is 0 Å². The van der Waals surface area contributed by atoms with Crippen molar-refractivity contribution in [3.8, 4) is 0 Å². The summed E-state index contributed by atoms with van der Waals surface area (Å²) < 4.78 is 0. The van der Waals surface area contributed by atoms with E-state index in [-0.39, 0.29) is 6.04 Å². The second-order valence-electron chi connectivity index (χ2n) is 4.81. The minimum atomic E-state index is -0.562. The molecule has 0 fully saturated rings. The number of hydrogen-bond acceptors (Lipinski definition) is 2. The summed E-state index contributed by atoms with van der Waals surface area (Å²) in [6.07, 6.45) is 3.30. The van der Waals surface area contributed by atoms with E-state index in [1.54, 1.807) is 18.3 Å². The molecule has 2 rings (SSSR count). The smallest absolute Gasteiger partial charge is 0.294 e. The lowest BCUT2D eigenvalue weighted by Crippen LogP contribution is -2.38. The molecule has 1 aromatic heterocycles. The average Bonchev–Trinajstić information content (AvgIpc) is 2.99. The third kappa shape index (κ3) is 3.82. The van der Waals surface area contributed by atoms with Crippen LogP contribution in [0.4, 0.5) is 0 Å². The van der Waals surface area contributed by atoms with E-state index < -0.39 is 11.7 Å². The highest BCUT2D eigenvalue weighted by Gasteiger charge is 2.18. The van der Waals surface area contributed by atoms with Gasteiger partial charge in [-0.1, -0.05) is 30.3 Å². The third-order valence-corrected chi connectivity index (χ3v) is 3.14. The van der Waals surface area contributed by atoms with Crippen molar-refractivity contribution in [2.24, 2.45) is 0 Å². The Kier molecular flexibility index (Phi) is 4.71. The molecule has 0 saturated carbocycles. The largest absolute Gasteiger partial charge is 0.358 e. The van der Waals surface area contributed by atoms with Crippen molar-refractivity contribution in [1.82, 2.24) is 10.3 Å². The summed E-state index contributed by atoms with van der Waals surface area (Å²) in [6, 6.07) is 13.3. The first-order valence-electron chi connectivity index (χ1n) is 6.69. The van der Waals surface area contributed by atoms with Gasteiger partial charge in [0.25, 0.3) is 11.7 Å². The Morgan fingerprint density at radius 2 is 1.90 bits per heavy atom. The molecule has 0 unspecified atom stereocenters. The van der Waals surface area contributed by atoms with Gasteiger partial charge in [-0.3, -0.25) is 9.59 Å². The molecular weight excluding hydrogens is 252 g/mol. The first kappa shape index (κ1) is 14.1. The number of rotatable bonds is 6. The highest BCUT2D eigenvalue weighted by atomic mass is 16.2. The predicted molar refractivity (Wildman–Crippen MR) is 77.5 cm³/mol. The molecule has 1 heterocycles. The molecule has 4 nitrogen and oxygen atoms in total. The molecule has 2 aromatic rings. The van der Waals surface area contributed by atoms with Crippen LogP contribution in [0.5, 0.6) is 0 Å². The summed E-state index contributed by atoms with van der Waals surface area (Å²) in [7, 11) is 0. The molecule has 0 spiro atoms. The van der Waals surface area contributed by atoms with E-state index in [1.807, 2.05) is 25.1 Å². The van der Waals surface area contributed by atoms with E-state index >= 15 is 0 Å². The fourth-order valence-corrected chi connectivity index (χ4v) is 1.98. The van der Waals surface area contributed by atoms with Crippen LogP contribution < -0.4 is 5.32 Å². The summed E-state index contributed by atoms with van der Waals surface area (Å²) >= 11 is 0. The molecule has 0 saturated heterocycles. The molecule has 0 aliphatic heterocycles. The maximum Gasteiger partial charge on any atom is 0.294 e. The van der Waals surface area contributed by atoms with Crippen LogP contribution in [-0.4, -0.2) is 22.7 Å². The summed E-state index contributed by atoms with van der Waals surface area (Å²) in [5.74, 6) is -1.09. The standard InChI is InChI=1S/C16H18N2O2/c1-12(9-10-13-6-3-2-4-7-13)18-16(20)15(19)14-8-5-11-17-14/h2-8,11-12,17H,9-10H2,1H3,(H,18,20)/t12-/m0/s1. The quantitative estimate of drug-likeness (QED) is 0.625. The summed E-state index contributed by atoms with van der Waals surface area (Å²) in [5.41, 5.74) is 1.54. The van der Waals surface area contributed by atoms with Crippen molar-refractivity contribution in [2.75, 3.05) is 0 Å². The molecule has 0 aliphatic carbocycles. The minimum Gasteiger partial charge on any atom is -0.358 e. The first-order valence-corrected chi connectivity index (χ1v) is 6.69. The zero-order valence-electron chi connectivity index (χ0n) is 11.4. The van der Waals surface area contributed by atoms with E-state index in [1.165, 1.54) is 5.56 Å². The van der Waals surface area contributed by atoms with Gasteiger partial charge in [-0.05, 0) is 37.5 Å². The van der Waals surface area contributed by atoms with E-state index in [0.29, 0.717) is 5.69 Å². The van der Waals surface area contributed by atoms with Crippen molar-refractivity contribution in [3.63, 3.8) is 0 Å². The van der Waals surface area contributed by atoms with Gasteiger partial charge in [-0.2, -0.15) is 0 Å². The van der Waals surface area contributed by atoms with Crippen LogP contribution in [-0.2, 0) is 11.2 Å². The summed E-state index contributed by atoms with van der Waals surface area (Å²) in [6.45, 7) is 1.91. The van der Waals surface area contributed by atoms with E-state index in [0.717, 1.165) is 12.8 Å². The fourth-order valence-electron chi connectivity index (χ4n) is 1.98. The van der Waals surface area contributed by atoms with Crippen molar-refractivity contribution >= 4 is 11.7 Å². The lowest BCUT2D eigenvalue weighted by Gasteiger charge is -2.13. The zero-order valence-corrected chi connectivity index (χ0v) is 11.4. The summed E-state index contributed by atoms with van der Waals surface area (Å²) in [5, 5.41) is 2.73. The van der Waals surface area contributed by atoms with Crippen LogP contribution in [0.1, 0.15) is 29.4 Å². The number of amides is 1. The molecule has 20 heavy (non-hydrogen) atoms. The van der Waals surface area contributed by atoms with Gasteiger partial charge in [0, 0.05) is 12.2 Å². The molecule has 1 amide bonds. The average molecular weight is 270 g/mol. The zero-order chi connectivity index (χ0) is 14.4. The van der Waals surface area contributed by atoms with E-state index in [2.05, 4.69) is 22.4 Å². The Labute approximate surface area is 118 Å². The topological polar surface area (TPSA) is 62.0 Å². The monoisotopic (exact) mass is 270 g/mol. The molecule has 0 radical (unpaired) electrons. The number of ketones is 1. The Morgan fingerprint density at radius 3 is 2.55 bits per heavy atom. The number of aromatic nitrogens is 1. The molecule has 4 heteroatoms. The van der Waals surface area contributed by atoms with Gasteiger partial charge in [0.1, 0.15) is 0 Å².